The van der Waals surface area contributed by atoms with Gasteiger partial charge in [0.15, 0.2) is 0 Å². The van der Waals surface area contributed by atoms with Crippen LogP contribution in [0, 0.1) is 11.3 Å². The maximum Gasteiger partial charge on any atom is 0.407 e. The summed E-state index contributed by atoms with van der Waals surface area (Å²) in [7, 11) is 0. The molecule has 0 aliphatic heterocycles. The number of carbonyl (C=O) groups is 2. The van der Waals surface area contributed by atoms with Gasteiger partial charge in [0.2, 0.25) is 0 Å². The second-order valence-corrected chi connectivity index (χ2v) is 6.21. The van der Waals surface area contributed by atoms with E-state index in [1.165, 1.54) is 0 Å². The van der Waals surface area contributed by atoms with Gasteiger partial charge in [-0.15, -0.1) is 0 Å². The van der Waals surface area contributed by atoms with Gasteiger partial charge >= 0.3 is 12.1 Å². The third-order valence-electron chi connectivity index (χ3n) is 3.54. The van der Waals surface area contributed by atoms with E-state index in [4.69, 9.17) is 9.84 Å². The van der Waals surface area contributed by atoms with E-state index in [1.54, 1.807) is 0 Å². The fourth-order valence-corrected chi connectivity index (χ4v) is 2.55. The van der Waals surface area contributed by atoms with E-state index in [1.807, 2.05) is 20.8 Å². The molecular formula is C12H19NO4. The first-order chi connectivity index (χ1) is 7.72. The number of ether oxygens (including phenoxy) is 1. The average molecular weight is 241 g/mol. The summed E-state index contributed by atoms with van der Waals surface area (Å²) in [5.74, 6) is -0.945. The van der Waals surface area contributed by atoms with Crippen molar-refractivity contribution in [2.24, 2.45) is 11.3 Å². The topological polar surface area (TPSA) is 75.6 Å². The molecule has 0 bridgehead atoms. The lowest BCUT2D eigenvalue weighted by Gasteiger charge is -2.33. The van der Waals surface area contributed by atoms with Crippen LogP contribution < -0.4 is 5.32 Å². The average Bonchev–Trinajstić information content (AvgIpc) is 2.71. The number of nitrogens with one attached hydrogen (secondary N) is 1. The lowest BCUT2D eigenvalue weighted by molar-refractivity contribution is -0.147. The Labute approximate surface area is 101 Å². The first kappa shape index (κ1) is 12.2. The van der Waals surface area contributed by atoms with Gasteiger partial charge in [-0.25, -0.2) is 4.79 Å². The zero-order valence-electron chi connectivity index (χ0n) is 10.4. The van der Waals surface area contributed by atoms with Crippen LogP contribution in [0.15, 0.2) is 0 Å². The lowest BCUT2D eigenvalue weighted by atomic mass is 9.71. The predicted molar refractivity (Wildman–Crippen MR) is 60.6 cm³/mol. The molecule has 1 atom stereocenters. The van der Waals surface area contributed by atoms with Gasteiger partial charge in [-0.1, -0.05) is 0 Å². The summed E-state index contributed by atoms with van der Waals surface area (Å²) >= 11 is 0. The summed E-state index contributed by atoms with van der Waals surface area (Å²) in [6, 6.07) is 0.105. The highest BCUT2D eigenvalue weighted by molar-refractivity contribution is 5.73. The Bertz CT molecular complexity index is 352. The van der Waals surface area contributed by atoms with Gasteiger partial charge in [-0.2, -0.15) is 0 Å². The van der Waals surface area contributed by atoms with Crippen LogP contribution >= 0.6 is 0 Å². The first-order valence-corrected chi connectivity index (χ1v) is 5.94. The third-order valence-corrected chi connectivity index (χ3v) is 3.54. The zero-order chi connectivity index (χ0) is 12.8. The van der Waals surface area contributed by atoms with Gasteiger partial charge in [0.1, 0.15) is 5.60 Å². The number of carboxylic acid groups (broad SMARTS) is 1. The molecule has 1 spiro atoms. The van der Waals surface area contributed by atoms with E-state index in [2.05, 4.69) is 5.32 Å². The summed E-state index contributed by atoms with van der Waals surface area (Å²) in [5, 5.41) is 11.6. The molecule has 0 saturated heterocycles. The second kappa shape index (κ2) is 3.62. The highest BCUT2D eigenvalue weighted by Gasteiger charge is 2.63. The molecule has 1 unspecified atom stereocenters. The minimum atomic E-state index is -0.724. The Hall–Kier alpha value is -1.26. The molecule has 5 heteroatoms. The number of hydrogen-bond acceptors (Lipinski definition) is 3. The molecule has 17 heavy (non-hydrogen) atoms. The van der Waals surface area contributed by atoms with E-state index in [9.17, 15) is 9.59 Å². The highest BCUT2D eigenvalue weighted by Crippen LogP contribution is 2.63. The van der Waals surface area contributed by atoms with Crippen molar-refractivity contribution in [3.05, 3.63) is 0 Å². The number of amides is 1. The molecule has 5 nitrogen and oxygen atoms in total. The van der Waals surface area contributed by atoms with Crippen LogP contribution in [0.5, 0.6) is 0 Å². The van der Waals surface area contributed by atoms with Gasteiger partial charge in [-0.05, 0) is 45.4 Å². The minimum Gasteiger partial charge on any atom is -0.481 e. The van der Waals surface area contributed by atoms with Crippen LogP contribution in [-0.4, -0.2) is 28.8 Å². The maximum absolute atomic E-state index is 11.5. The largest absolute Gasteiger partial charge is 0.481 e. The normalized spacial score (nSPS) is 35.0. The third kappa shape index (κ3) is 2.53. The SMILES string of the molecule is CC(C)(C)OC(=O)NC1CC12CC(C(=O)O)C2. The molecule has 2 saturated carbocycles. The van der Waals surface area contributed by atoms with Crippen molar-refractivity contribution in [1.29, 1.82) is 0 Å². The Kier molecular flexibility index (Phi) is 2.60. The fourth-order valence-electron chi connectivity index (χ4n) is 2.55. The lowest BCUT2D eigenvalue weighted by Crippen LogP contribution is -2.40. The van der Waals surface area contributed by atoms with Crippen molar-refractivity contribution in [3.63, 3.8) is 0 Å². The summed E-state index contributed by atoms with van der Waals surface area (Å²) in [6.45, 7) is 5.46. The van der Waals surface area contributed by atoms with Gasteiger partial charge in [0, 0.05) is 6.04 Å². The minimum absolute atomic E-state index is 0.0555. The number of aliphatic carboxylic acids is 1. The summed E-state index contributed by atoms with van der Waals surface area (Å²) in [5.41, 5.74) is -0.435. The molecule has 0 aromatic heterocycles. The number of hydrogen-bond donors (Lipinski definition) is 2. The molecule has 0 aromatic rings. The van der Waals surface area contributed by atoms with Crippen molar-refractivity contribution in [3.8, 4) is 0 Å². The number of rotatable bonds is 2. The second-order valence-electron chi connectivity index (χ2n) is 6.21. The standard InChI is InChI=1S/C12H19NO4/c1-11(2,3)17-10(16)13-8-6-12(8)4-7(5-12)9(14)15/h7-8H,4-6H2,1-3H3,(H,13,16)(H,14,15). The molecule has 0 aromatic carbocycles. The van der Waals surface area contributed by atoms with Crippen LogP contribution in [0.4, 0.5) is 4.79 Å². The van der Waals surface area contributed by atoms with Gasteiger partial charge in [0.25, 0.3) is 0 Å². The van der Waals surface area contributed by atoms with Crippen molar-refractivity contribution < 1.29 is 19.4 Å². The van der Waals surface area contributed by atoms with Crippen LogP contribution in [0.1, 0.15) is 40.0 Å². The van der Waals surface area contributed by atoms with Gasteiger partial charge < -0.3 is 15.2 Å². The number of carbonyl (C=O) groups excluding carboxylic acids is 1. The van der Waals surface area contributed by atoms with Crippen LogP contribution in [0.2, 0.25) is 0 Å². The highest BCUT2D eigenvalue weighted by atomic mass is 16.6. The van der Waals surface area contributed by atoms with Crippen molar-refractivity contribution in [2.45, 2.75) is 51.7 Å². The molecule has 1 amide bonds. The van der Waals surface area contributed by atoms with Crippen LogP contribution in [-0.2, 0) is 9.53 Å². The Morgan fingerprint density at radius 3 is 2.35 bits per heavy atom. The number of alkyl carbamates (subject to hydrolysis) is 1. The molecule has 96 valence electrons. The van der Waals surface area contributed by atoms with Gasteiger partial charge in [0.05, 0.1) is 5.92 Å². The molecular weight excluding hydrogens is 222 g/mol. The Balaban J connectivity index is 1.74. The van der Waals surface area contributed by atoms with E-state index in [0.717, 1.165) is 6.42 Å². The number of carboxylic acids is 1. The summed E-state index contributed by atoms with van der Waals surface area (Å²) in [4.78, 5) is 22.2. The Morgan fingerprint density at radius 1 is 1.29 bits per heavy atom. The van der Waals surface area contributed by atoms with Crippen molar-refractivity contribution in [2.75, 3.05) is 0 Å². The van der Waals surface area contributed by atoms with Crippen molar-refractivity contribution in [1.82, 2.24) is 5.32 Å². The van der Waals surface area contributed by atoms with Crippen LogP contribution in [0.3, 0.4) is 0 Å². The first-order valence-electron chi connectivity index (χ1n) is 5.94. The molecule has 2 fully saturated rings. The summed E-state index contributed by atoms with van der Waals surface area (Å²) in [6.07, 6.45) is 1.85. The van der Waals surface area contributed by atoms with E-state index in [0.29, 0.717) is 12.8 Å². The molecule has 0 radical (unpaired) electrons. The molecule has 2 aliphatic carbocycles. The molecule has 2 rings (SSSR count). The van der Waals surface area contributed by atoms with E-state index in [-0.39, 0.29) is 17.4 Å². The molecule has 2 N–H and O–H groups in total. The smallest absolute Gasteiger partial charge is 0.407 e. The van der Waals surface area contributed by atoms with E-state index >= 15 is 0 Å². The molecule has 2 aliphatic rings. The predicted octanol–water partition coefficient (Wildman–Crippen LogP) is 1.76. The van der Waals surface area contributed by atoms with E-state index < -0.39 is 17.7 Å². The monoisotopic (exact) mass is 241 g/mol. The quantitative estimate of drug-likeness (QED) is 0.772. The van der Waals surface area contributed by atoms with Gasteiger partial charge in [-0.3, -0.25) is 4.79 Å². The fraction of sp³-hybridized carbons (Fsp3) is 0.833. The van der Waals surface area contributed by atoms with Crippen LogP contribution in [0.25, 0.3) is 0 Å². The Morgan fingerprint density at radius 2 is 1.88 bits per heavy atom. The zero-order valence-corrected chi connectivity index (χ0v) is 10.4. The molecule has 0 heterocycles. The summed E-state index contributed by atoms with van der Waals surface area (Å²) < 4.78 is 5.16. The van der Waals surface area contributed by atoms with Crippen molar-refractivity contribution >= 4 is 12.1 Å². The maximum atomic E-state index is 11.5.